The van der Waals surface area contributed by atoms with Gasteiger partial charge in [-0.2, -0.15) is 0 Å². The van der Waals surface area contributed by atoms with E-state index >= 15 is 0 Å². The Morgan fingerprint density at radius 2 is 1.63 bits per heavy atom. The first-order chi connectivity index (χ1) is 16.9. The van der Waals surface area contributed by atoms with Crippen LogP contribution in [0.4, 0.5) is 4.39 Å². The molecule has 5 nitrogen and oxygen atoms in total. The van der Waals surface area contributed by atoms with E-state index in [1.165, 1.54) is 17.0 Å². The van der Waals surface area contributed by atoms with Crippen molar-refractivity contribution in [3.8, 4) is 5.75 Å². The topological polar surface area (TPSA) is 58.6 Å². The number of nitrogens with zero attached hydrogens (tertiary/aromatic N) is 1. The minimum atomic E-state index is -0.760. The lowest BCUT2D eigenvalue weighted by atomic mass is 10.0. The van der Waals surface area contributed by atoms with Crippen LogP contribution in [0.2, 0.25) is 0 Å². The van der Waals surface area contributed by atoms with E-state index in [1.807, 2.05) is 56.3 Å². The summed E-state index contributed by atoms with van der Waals surface area (Å²) >= 11 is 2.20. The average Bonchev–Trinajstić information content (AvgIpc) is 2.87. The number of nitrogens with one attached hydrogen (secondary N) is 1. The predicted octanol–water partition coefficient (Wildman–Crippen LogP) is 5.36. The molecule has 3 aromatic carbocycles. The van der Waals surface area contributed by atoms with Crippen molar-refractivity contribution in [1.82, 2.24) is 10.2 Å². The highest BCUT2D eigenvalue weighted by Gasteiger charge is 2.31. The normalized spacial score (nSPS) is 12.5. The van der Waals surface area contributed by atoms with Gasteiger partial charge in [0.05, 0.1) is 0 Å². The summed E-state index contributed by atoms with van der Waals surface area (Å²) in [4.78, 5) is 28.4. The molecule has 3 rings (SSSR count). The number of carbonyl (C=O) groups excluding carboxylic acids is 2. The molecular weight excluding hydrogens is 558 g/mol. The van der Waals surface area contributed by atoms with Crippen molar-refractivity contribution in [1.29, 1.82) is 0 Å². The van der Waals surface area contributed by atoms with Gasteiger partial charge < -0.3 is 15.0 Å². The molecule has 0 aliphatic heterocycles. The summed E-state index contributed by atoms with van der Waals surface area (Å²) in [6.07, 6.45) is 1.12. The molecule has 0 spiro atoms. The highest BCUT2D eigenvalue weighted by Crippen LogP contribution is 2.18. The number of carbonyl (C=O) groups is 2. The fraction of sp³-hybridized carbons (Fsp3) is 0.286. The molecule has 0 bridgehead atoms. The molecule has 0 saturated carbocycles. The molecule has 0 aromatic heterocycles. The first-order valence-electron chi connectivity index (χ1n) is 11.6. The van der Waals surface area contributed by atoms with Crippen molar-refractivity contribution in [2.75, 3.05) is 6.61 Å². The van der Waals surface area contributed by atoms with E-state index in [1.54, 1.807) is 24.3 Å². The zero-order chi connectivity index (χ0) is 25.2. The summed E-state index contributed by atoms with van der Waals surface area (Å²) in [6.45, 7) is 3.86. The summed E-state index contributed by atoms with van der Waals surface area (Å²) in [5.74, 6) is -0.339. The van der Waals surface area contributed by atoms with Gasteiger partial charge >= 0.3 is 0 Å². The van der Waals surface area contributed by atoms with E-state index in [2.05, 4.69) is 27.9 Å². The Hall–Kier alpha value is -2.94. The molecule has 0 unspecified atom stereocenters. The molecule has 1 N–H and O–H groups in total. The van der Waals surface area contributed by atoms with Gasteiger partial charge in [0.1, 0.15) is 17.6 Å². The van der Waals surface area contributed by atoms with Crippen LogP contribution in [0, 0.1) is 9.39 Å². The average molecular weight is 588 g/mol. The molecule has 184 valence electrons. The molecule has 0 aliphatic carbocycles. The van der Waals surface area contributed by atoms with E-state index in [0.717, 1.165) is 21.1 Å². The fourth-order valence-electron chi connectivity index (χ4n) is 3.54. The van der Waals surface area contributed by atoms with Gasteiger partial charge in [-0.3, -0.25) is 9.59 Å². The molecule has 2 amide bonds. The van der Waals surface area contributed by atoms with Crippen LogP contribution in [0.5, 0.6) is 5.75 Å². The van der Waals surface area contributed by atoms with Crippen LogP contribution in [0.1, 0.15) is 31.4 Å². The second-order valence-electron chi connectivity index (χ2n) is 8.41. The van der Waals surface area contributed by atoms with Crippen molar-refractivity contribution in [3.05, 3.63) is 99.4 Å². The number of ether oxygens (including phenoxy) is 1. The third-order valence-electron chi connectivity index (χ3n) is 5.71. The van der Waals surface area contributed by atoms with E-state index in [-0.39, 0.29) is 36.8 Å². The van der Waals surface area contributed by atoms with Crippen LogP contribution in [0.25, 0.3) is 0 Å². The highest BCUT2D eigenvalue weighted by atomic mass is 127. The monoisotopic (exact) mass is 588 g/mol. The SMILES string of the molecule is CC[C@H](C)NC(=O)[C@@H](Cc1ccccc1)N(Cc1ccc(F)cc1)C(=O)COc1ccc(I)cc1. The second-order valence-corrected chi connectivity index (χ2v) is 9.66. The maximum absolute atomic E-state index is 13.5. The third-order valence-corrected chi connectivity index (χ3v) is 6.43. The van der Waals surface area contributed by atoms with Gasteiger partial charge in [0.25, 0.3) is 5.91 Å². The lowest BCUT2D eigenvalue weighted by Crippen LogP contribution is -2.53. The first kappa shape index (κ1) is 26.7. The van der Waals surface area contributed by atoms with Crippen LogP contribution in [-0.4, -0.2) is 35.4 Å². The molecule has 0 radical (unpaired) electrons. The van der Waals surface area contributed by atoms with Gasteiger partial charge in [-0.05, 0) is 83.5 Å². The largest absolute Gasteiger partial charge is 0.484 e. The van der Waals surface area contributed by atoms with Gasteiger partial charge in [0, 0.05) is 22.6 Å². The summed E-state index contributed by atoms with van der Waals surface area (Å²) < 4.78 is 20.3. The predicted molar refractivity (Wildman–Crippen MR) is 143 cm³/mol. The first-order valence-corrected chi connectivity index (χ1v) is 12.7. The minimum Gasteiger partial charge on any atom is -0.484 e. The summed E-state index contributed by atoms with van der Waals surface area (Å²) in [7, 11) is 0. The lowest BCUT2D eigenvalue weighted by Gasteiger charge is -2.32. The number of benzene rings is 3. The van der Waals surface area contributed by atoms with E-state index in [9.17, 15) is 14.0 Å². The number of hydrogen-bond acceptors (Lipinski definition) is 3. The summed E-state index contributed by atoms with van der Waals surface area (Å²) in [6, 6.07) is 22.2. The van der Waals surface area contributed by atoms with Crippen molar-refractivity contribution in [3.63, 3.8) is 0 Å². The zero-order valence-electron chi connectivity index (χ0n) is 19.9. The van der Waals surface area contributed by atoms with Gasteiger partial charge in [-0.1, -0.05) is 49.4 Å². The van der Waals surface area contributed by atoms with Crippen molar-refractivity contribution < 1.29 is 18.7 Å². The van der Waals surface area contributed by atoms with Crippen molar-refractivity contribution in [2.24, 2.45) is 0 Å². The molecule has 35 heavy (non-hydrogen) atoms. The van der Waals surface area contributed by atoms with E-state index in [4.69, 9.17) is 4.74 Å². The standard InChI is InChI=1S/C28H30FIN2O3/c1-3-20(2)31-28(34)26(17-21-7-5-4-6-8-21)32(18-22-9-11-23(29)12-10-22)27(33)19-35-25-15-13-24(30)14-16-25/h4-16,20,26H,3,17-19H2,1-2H3,(H,31,34)/t20-,26+/m0/s1. The Kier molecular flexibility index (Phi) is 10.1. The molecule has 7 heteroatoms. The Labute approximate surface area is 219 Å². The van der Waals surface area contributed by atoms with E-state index in [0.29, 0.717) is 12.2 Å². The minimum absolute atomic E-state index is 0.0356. The highest BCUT2D eigenvalue weighted by molar-refractivity contribution is 14.1. The van der Waals surface area contributed by atoms with E-state index < -0.39 is 6.04 Å². The lowest BCUT2D eigenvalue weighted by molar-refractivity contribution is -0.143. The maximum atomic E-state index is 13.5. The third kappa shape index (κ3) is 8.35. The van der Waals surface area contributed by atoms with Gasteiger partial charge in [-0.15, -0.1) is 0 Å². The van der Waals surface area contributed by atoms with Crippen LogP contribution in [0.15, 0.2) is 78.9 Å². The van der Waals surface area contributed by atoms with Gasteiger partial charge in [0.2, 0.25) is 5.91 Å². The Morgan fingerprint density at radius 3 is 2.26 bits per heavy atom. The van der Waals surface area contributed by atoms with Gasteiger partial charge in [0.15, 0.2) is 6.61 Å². The Balaban J connectivity index is 1.89. The fourth-order valence-corrected chi connectivity index (χ4v) is 3.90. The maximum Gasteiger partial charge on any atom is 0.261 e. The molecule has 0 aliphatic rings. The molecule has 0 heterocycles. The Morgan fingerprint density at radius 1 is 0.971 bits per heavy atom. The van der Waals surface area contributed by atoms with Crippen LogP contribution >= 0.6 is 22.6 Å². The number of halogens is 2. The quantitative estimate of drug-likeness (QED) is 0.307. The van der Waals surface area contributed by atoms with Crippen LogP contribution < -0.4 is 10.1 Å². The molecule has 0 fully saturated rings. The smallest absolute Gasteiger partial charge is 0.261 e. The van der Waals surface area contributed by atoms with Crippen LogP contribution in [0.3, 0.4) is 0 Å². The van der Waals surface area contributed by atoms with Gasteiger partial charge in [-0.25, -0.2) is 4.39 Å². The molecule has 3 aromatic rings. The number of hydrogen-bond donors (Lipinski definition) is 1. The molecule has 2 atom stereocenters. The molecule has 0 saturated heterocycles. The molecular formula is C28H30FIN2O3. The Bertz CT molecular complexity index is 1090. The number of amides is 2. The van der Waals surface area contributed by atoms with Crippen molar-refractivity contribution in [2.45, 2.75) is 45.3 Å². The van der Waals surface area contributed by atoms with Crippen LogP contribution in [-0.2, 0) is 22.6 Å². The summed E-state index contributed by atoms with van der Waals surface area (Å²) in [5, 5.41) is 3.03. The number of rotatable bonds is 11. The second kappa shape index (κ2) is 13.2. The van der Waals surface area contributed by atoms with Crippen molar-refractivity contribution >= 4 is 34.4 Å². The summed E-state index contributed by atoms with van der Waals surface area (Å²) in [5.41, 5.74) is 1.66. The zero-order valence-corrected chi connectivity index (χ0v) is 22.1.